The predicted octanol–water partition coefficient (Wildman–Crippen LogP) is 2.62. The Hall–Kier alpha value is -1.36. The third-order valence-electron chi connectivity index (χ3n) is 4.48. The van der Waals surface area contributed by atoms with E-state index in [0.717, 1.165) is 31.9 Å². The maximum atomic E-state index is 11.8. The molecule has 4 nitrogen and oxygen atoms in total. The average molecular weight is 296 g/mol. The molecular formula is C15H20O4S. The molecule has 1 saturated carbocycles. The van der Waals surface area contributed by atoms with E-state index >= 15 is 0 Å². The molecule has 0 aromatic heterocycles. The first-order chi connectivity index (χ1) is 9.26. The van der Waals surface area contributed by atoms with Crippen LogP contribution in [0.2, 0.25) is 0 Å². The standard InChI is InChI=1S/C15H20O4S/c1-15(14(16)17,11-6-3-4-7-11)12-8-5-9-13(10-12)20(2,18)19/h5,8-11H,3-4,6-7H2,1-2H3,(H,16,17). The molecule has 1 aliphatic carbocycles. The van der Waals surface area contributed by atoms with Gasteiger partial charge in [0, 0.05) is 6.26 Å². The van der Waals surface area contributed by atoms with Gasteiger partial charge >= 0.3 is 5.97 Å². The van der Waals surface area contributed by atoms with Crippen LogP contribution in [0.5, 0.6) is 0 Å². The van der Waals surface area contributed by atoms with Gasteiger partial charge in [0.15, 0.2) is 9.84 Å². The van der Waals surface area contributed by atoms with Crippen molar-refractivity contribution in [1.82, 2.24) is 0 Å². The molecule has 2 rings (SSSR count). The van der Waals surface area contributed by atoms with Crippen LogP contribution in [0.3, 0.4) is 0 Å². The van der Waals surface area contributed by atoms with Crippen LogP contribution in [0.1, 0.15) is 38.2 Å². The van der Waals surface area contributed by atoms with Crippen LogP contribution in [0.25, 0.3) is 0 Å². The Labute approximate surface area is 119 Å². The van der Waals surface area contributed by atoms with E-state index in [-0.39, 0.29) is 10.8 Å². The molecule has 0 spiro atoms. The molecule has 20 heavy (non-hydrogen) atoms. The van der Waals surface area contributed by atoms with Gasteiger partial charge in [-0.25, -0.2) is 8.42 Å². The van der Waals surface area contributed by atoms with Crippen molar-refractivity contribution in [2.45, 2.75) is 42.9 Å². The predicted molar refractivity (Wildman–Crippen MR) is 76.5 cm³/mol. The van der Waals surface area contributed by atoms with E-state index in [1.807, 2.05) is 0 Å². The maximum absolute atomic E-state index is 11.8. The van der Waals surface area contributed by atoms with E-state index < -0.39 is 21.2 Å². The summed E-state index contributed by atoms with van der Waals surface area (Å²) in [5.41, 5.74) is -0.433. The first kappa shape index (κ1) is 15.0. The first-order valence-electron chi connectivity index (χ1n) is 6.80. The van der Waals surface area contributed by atoms with Crippen molar-refractivity contribution in [3.05, 3.63) is 29.8 Å². The molecule has 0 amide bonds. The fourth-order valence-electron chi connectivity index (χ4n) is 3.09. The fraction of sp³-hybridized carbons (Fsp3) is 0.533. The summed E-state index contributed by atoms with van der Waals surface area (Å²) in [6, 6.07) is 6.38. The highest BCUT2D eigenvalue weighted by atomic mass is 32.2. The number of carboxylic acid groups (broad SMARTS) is 1. The van der Waals surface area contributed by atoms with Crippen LogP contribution >= 0.6 is 0 Å². The highest BCUT2D eigenvalue weighted by molar-refractivity contribution is 7.90. The van der Waals surface area contributed by atoms with Gasteiger partial charge in [-0.15, -0.1) is 0 Å². The Kier molecular flexibility index (Phi) is 3.91. The molecule has 1 N–H and O–H groups in total. The minimum absolute atomic E-state index is 0.0646. The van der Waals surface area contributed by atoms with Crippen molar-refractivity contribution < 1.29 is 18.3 Å². The number of benzene rings is 1. The lowest BCUT2D eigenvalue weighted by molar-refractivity contribution is -0.145. The molecule has 110 valence electrons. The fourth-order valence-corrected chi connectivity index (χ4v) is 3.75. The molecule has 1 atom stereocenters. The summed E-state index contributed by atoms with van der Waals surface area (Å²) in [4.78, 5) is 12.0. The number of rotatable bonds is 4. The summed E-state index contributed by atoms with van der Waals surface area (Å²) < 4.78 is 23.3. The molecule has 0 aliphatic heterocycles. The molecule has 0 radical (unpaired) electrons. The number of carbonyl (C=O) groups is 1. The van der Waals surface area contributed by atoms with E-state index in [0.29, 0.717) is 5.56 Å². The van der Waals surface area contributed by atoms with Crippen molar-refractivity contribution in [2.75, 3.05) is 6.26 Å². The molecule has 1 fully saturated rings. The first-order valence-corrected chi connectivity index (χ1v) is 8.69. The molecule has 5 heteroatoms. The number of sulfone groups is 1. The van der Waals surface area contributed by atoms with Gasteiger partial charge in [-0.2, -0.15) is 0 Å². The third-order valence-corrected chi connectivity index (χ3v) is 5.59. The number of aliphatic carboxylic acids is 1. The minimum Gasteiger partial charge on any atom is -0.481 e. The van der Waals surface area contributed by atoms with Crippen molar-refractivity contribution in [3.8, 4) is 0 Å². The van der Waals surface area contributed by atoms with E-state index in [2.05, 4.69) is 0 Å². The van der Waals surface area contributed by atoms with E-state index in [1.165, 1.54) is 12.1 Å². The summed E-state index contributed by atoms with van der Waals surface area (Å²) >= 11 is 0. The largest absolute Gasteiger partial charge is 0.481 e. The van der Waals surface area contributed by atoms with Crippen LogP contribution < -0.4 is 0 Å². The maximum Gasteiger partial charge on any atom is 0.314 e. The zero-order valence-electron chi connectivity index (χ0n) is 11.8. The van der Waals surface area contributed by atoms with E-state index in [4.69, 9.17) is 0 Å². The van der Waals surface area contributed by atoms with Gasteiger partial charge < -0.3 is 5.11 Å². The van der Waals surface area contributed by atoms with E-state index in [9.17, 15) is 18.3 Å². The SMILES string of the molecule is CC(C(=O)O)(c1cccc(S(C)(=O)=O)c1)C1CCCC1. The van der Waals surface area contributed by atoms with Gasteiger partial charge in [0.2, 0.25) is 0 Å². The molecule has 1 aromatic carbocycles. The van der Waals surface area contributed by atoms with Crippen molar-refractivity contribution in [2.24, 2.45) is 5.92 Å². The Balaban J connectivity index is 2.53. The van der Waals surface area contributed by atoms with Gasteiger partial charge in [0.1, 0.15) is 0 Å². The lowest BCUT2D eigenvalue weighted by atomic mass is 9.71. The second-order valence-corrected chi connectivity index (χ2v) is 7.80. The van der Waals surface area contributed by atoms with Gasteiger partial charge in [-0.05, 0) is 43.4 Å². The molecule has 0 heterocycles. The molecule has 1 unspecified atom stereocenters. The van der Waals surface area contributed by atoms with Gasteiger partial charge in [-0.3, -0.25) is 4.79 Å². The van der Waals surface area contributed by atoms with Gasteiger partial charge in [0.25, 0.3) is 0 Å². The molecule has 0 saturated heterocycles. The lowest BCUT2D eigenvalue weighted by Gasteiger charge is -2.32. The zero-order chi connectivity index (χ0) is 15.0. The monoisotopic (exact) mass is 296 g/mol. The van der Waals surface area contributed by atoms with Crippen LogP contribution in [-0.2, 0) is 20.0 Å². The lowest BCUT2D eigenvalue weighted by Crippen LogP contribution is -2.39. The zero-order valence-corrected chi connectivity index (χ0v) is 12.6. The van der Waals surface area contributed by atoms with Crippen molar-refractivity contribution >= 4 is 15.8 Å². The molecule has 1 aromatic rings. The van der Waals surface area contributed by atoms with Crippen molar-refractivity contribution in [1.29, 1.82) is 0 Å². The smallest absolute Gasteiger partial charge is 0.314 e. The molecular weight excluding hydrogens is 276 g/mol. The van der Waals surface area contributed by atoms with Crippen LogP contribution in [0.15, 0.2) is 29.2 Å². The average Bonchev–Trinajstić information content (AvgIpc) is 2.91. The Morgan fingerprint density at radius 2 is 1.90 bits per heavy atom. The second kappa shape index (κ2) is 5.20. The van der Waals surface area contributed by atoms with Gasteiger partial charge in [0.05, 0.1) is 10.3 Å². The highest BCUT2D eigenvalue weighted by Gasteiger charge is 2.44. The summed E-state index contributed by atoms with van der Waals surface area (Å²) in [6.07, 6.45) is 4.98. The highest BCUT2D eigenvalue weighted by Crippen LogP contribution is 2.42. The Morgan fingerprint density at radius 3 is 2.40 bits per heavy atom. The van der Waals surface area contributed by atoms with E-state index in [1.54, 1.807) is 19.1 Å². The van der Waals surface area contributed by atoms with Crippen LogP contribution in [-0.4, -0.2) is 25.7 Å². The van der Waals surface area contributed by atoms with Gasteiger partial charge in [-0.1, -0.05) is 25.0 Å². The second-order valence-electron chi connectivity index (χ2n) is 5.79. The minimum atomic E-state index is -3.33. The number of hydrogen-bond acceptors (Lipinski definition) is 3. The molecule has 1 aliphatic rings. The number of carboxylic acids is 1. The quantitative estimate of drug-likeness (QED) is 0.927. The van der Waals surface area contributed by atoms with Crippen molar-refractivity contribution in [3.63, 3.8) is 0 Å². The Bertz CT molecular complexity index is 615. The summed E-state index contributed by atoms with van der Waals surface area (Å²) in [7, 11) is -3.33. The van der Waals surface area contributed by atoms with Crippen LogP contribution in [0.4, 0.5) is 0 Å². The van der Waals surface area contributed by atoms with Crippen LogP contribution in [0, 0.1) is 5.92 Å². The topological polar surface area (TPSA) is 71.4 Å². The number of hydrogen-bond donors (Lipinski definition) is 1. The summed E-state index contributed by atoms with van der Waals surface area (Å²) in [6.45, 7) is 1.71. The Morgan fingerprint density at radius 1 is 1.30 bits per heavy atom. The third kappa shape index (κ3) is 2.59. The summed E-state index contributed by atoms with van der Waals surface area (Å²) in [5, 5.41) is 9.69. The summed E-state index contributed by atoms with van der Waals surface area (Å²) in [5.74, 6) is -0.815. The normalized spacial score (nSPS) is 19.7. The molecule has 0 bridgehead atoms.